The first-order chi connectivity index (χ1) is 15.3. The van der Waals surface area contributed by atoms with Crippen LogP contribution in [0.15, 0.2) is 65.8 Å². The number of hydrogen-bond donors (Lipinski definition) is 1. The van der Waals surface area contributed by atoms with Gasteiger partial charge < -0.3 is 9.88 Å². The number of benzene rings is 2. The monoisotopic (exact) mass is 445 g/mol. The van der Waals surface area contributed by atoms with Crippen molar-refractivity contribution in [1.29, 1.82) is 0 Å². The van der Waals surface area contributed by atoms with Gasteiger partial charge in [0.2, 0.25) is 5.91 Å². The van der Waals surface area contributed by atoms with Gasteiger partial charge in [0.1, 0.15) is 0 Å². The Labute approximate surface area is 194 Å². The second-order valence-corrected chi connectivity index (χ2v) is 11.5. The number of amides is 1. The van der Waals surface area contributed by atoms with Crippen LogP contribution in [0.1, 0.15) is 40.0 Å². The van der Waals surface area contributed by atoms with Gasteiger partial charge in [-0.3, -0.25) is 4.79 Å². The molecule has 5 rings (SSSR count). The average Bonchev–Trinajstić information content (AvgIpc) is 3.31. The van der Waals surface area contributed by atoms with Crippen LogP contribution in [0.2, 0.25) is 0 Å². The van der Waals surface area contributed by atoms with Crippen molar-refractivity contribution in [3.05, 3.63) is 60.7 Å². The molecule has 2 aromatic carbocycles. The van der Waals surface area contributed by atoms with Gasteiger partial charge >= 0.3 is 0 Å². The van der Waals surface area contributed by atoms with Crippen molar-refractivity contribution in [1.82, 2.24) is 14.9 Å². The van der Waals surface area contributed by atoms with Crippen LogP contribution in [0.5, 0.6) is 0 Å². The van der Waals surface area contributed by atoms with Gasteiger partial charge in [0.15, 0.2) is 5.16 Å². The number of rotatable bonds is 5. The van der Waals surface area contributed by atoms with Gasteiger partial charge in [0, 0.05) is 23.7 Å². The van der Waals surface area contributed by atoms with E-state index < -0.39 is 0 Å². The molecule has 2 aliphatic rings. The number of H-pyrrole nitrogens is 1. The number of aromatic nitrogens is 2. The highest BCUT2D eigenvalue weighted by atomic mass is 32.2. The van der Waals surface area contributed by atoms with Crippen molar-refractivity contribution in [3.63, 3.8) is 0 Å². The molecule has 5 heteroatoms. The third-order valence-corrected chi connectivity index (χ3v) is 7.72. The fourth-order valence-corrected chi connectivity index (χ4v) is 6.76. The second-order valence-electron chi connectivity index (χ2n) is 10.5. The number of carbonyl (C=O) groups is 1. The van der Waals surface area contributed by atoms with Crippen LogP contribution in [-0.4, -0.2) is 39.1 Å². The third-order valence-electron chi connectivity index (χ3n) is 6.86. The van der Waals surface area contributed by atoms with E-state index in [0.717, 1.165) is 47.1 Å². The van der Waals surface area contributed by atoms with Crippen LogP contribution < -0.4 is 0 Å². The highest BCUT2D eigenvalue weighted by Gasteiger charge is 2.50. The number of nitrogens with one attached hydrogen (secondary N) is 1. The Bertz CT molecular complexity index is 1050. The lowest BCUT2D eigenvalue weighted by Gasteiger charge is -2.39. The maximum atomic E-state index is 13.2. The van der Waals surface area contributed by atoms with Crippen LogP contribution in [-0.2, 0) is 4.79 Å². The van der Waals surface area contributed by atoms with Gasteiger partial charge in [-0.2, -0.15) is 0 Å². The van der Waals surface area contributed by atoms with E-state index in [4.69, 9.17) is 4.98 Å². The van der Waals surface area contributed by atoms with Gasteiger partial charge in [0.25, 0.3) is 0 Å². The summed E-state index contributed by atoms with van der Waals surface area (Å²) in [5, 5.41) is 0.796. The first-order valence-electron chi connectivity index (χ1n) is 11.5. The quantitative estimate of drug-likeness (QED) is 0.471. The topological polar surface area (TPSA) is 49.0 Å². The zero-order valence-corrected chi connectivity index (χ0v) is 19.9. The maximum absolute atomic E-state index is 13.2. The summed E-state index contributed by atoms with van der Waals surface area (Å²) in [6, 6.07) is 20.9. The number of nitrogens with zero attached hydrogens (tertiary/aromatic N) is 2. The molecule has 2 atom stereocenters. The largest absolute Gasteiger partial charge is 0.338 e. The molecule has 1 N–H and O–H groups in total. The van der Waals surface area contributed by atoms with E-state index in [1.165, 1.54) is 18.2 Å². The van der Waals surface area contributed by atoms with Gasteiger partial charge in [-0.05, 0) is 30.1 Å². The molecule has 2 heterocycles. The molecule has 2 bridgehead atoms. The smallest absolute Gasteiger partial charge is 0.233 e. The second kappa shape index (κ2) is 8.11. The first-order valence-corrected chi connectivity index (χ1v) is 12.4. The number of carbonyl (C=O) groups excluding carboxylic acids is 1. The van der Waals surface area contributed by atoms with Crippen LogP contribution in [0.25, 0.3) is 22.5 Å². The van der Waals surface area contributed by atoms with Crippen molar-refractivity contribution < 1.29 is 4.79 Å². The van der Waals surface area contributed by atoms with Gasteiger partial charge in [-0.1, -0.05) is 93.2 Å². The number of fused-ring (bicyclic) bond motifs is 2. The standard InChI is InChI=1S/C27H31N3OS/c1-26(2)14-21-15-27(3,17-26)18-30(21)22(31)16-32-25-28-23(19-10-6-4-7-11-19)24(29-25)20-12-8-5-9-13-20/h4-13,21H,14-18H2,1-3H3,(H,28,29)/t21-,27-/m1/s1. The third kappa shape index (κ3) is 4.23. The molecular weight excluding hydrogens is 414 g/mol. The molecule has 32 heavy (non-hydrogen) atoms. The van der Waals surface area contributed by atoms with E-state index in [1.807, 2.05) is 36.4 Å². The first kappa shape index (κ1) is 21.3. The molecule has 1 aromatic heterocycles. The molecule has 0 radical (unpaired) electrons. The number of imidazole rings is 1. The molecule has 1 saturated heterocycles. The summed E-state index contributed by atoms with van der Waals surface area (Å²) in [6.07, 6.45) is 3.45. The van der Waals surface area contributed by atoms with E-state index in [9.17, 15) is 4.79 Å². The fraction of sp³-hybridized carbons (Fsp3) is 0.407. The SMILES string of the molecule is CC1(C)C[C@@H]2C[C@@](C)(CN2C(=O)CSc2nc(-c3ccccc3)c(-c3ccccc3)[nH]2)C1. The van der Waals surface area contributed by atoms with Gasteiger partial charge in [0.05, 0.1) is 17.1 Å². The molecule has 4 nitrogen and oxygen atoms in total. The summed E-state index contributed by atoms with van der Waals surface area (Å²) >= 11 is 1.51. The van der Waals surface area contributed by atoms with Crippen molar-refractivity contribution in [2.24, 2.45) is 10.8 Å². The zero-order chi connectivity index (χ0) is 22.3. The van der Waals surface area contributed by atoms with Crippen molar-refractivity contribution in [2.75, 3.05) is 12.3 Å². The number of hydrogen-bond acceptors (Lipinski definition) is 3. The van der Waals surface area contributed by atoms with Crippen molar-refractivity contribution >= 4 is 17.7 Å². The molecular formula is C27H31N3OS. The molecule has 1 amide bonds. The van der Waals surface area contributed by atoms with Crippen LogP contribution >= 0.6 is 11.8 Å². The summed E-state index contributed by atoms with van der Waals surface area (Å²) in [4.78, 5) is 23.7. The van der Waals surface area contributed by atoms with E-state index in [-0.39, 0.29) is 11.3 Å². The van der Waals surface area contributed by atoms with E-state index in [1.54, 1.807) is 0 Å². The molecule has 0 spiro atoms. The molecule has 1 saturated carbocycles. The molecule has 166 valence electrons. The molecule has 3 aromatic rings. The normalized spacial score (nSPS) is 24.0. The predicted molar refractivity (Wildman–Crippen MR) is 131 cm³/mol. The molecule has 0 unspecified atom stereocenters. The van der Waals surface area contributed by atoms with Gasteiger partial charge in [-0.15, -0.1) is 0 Å². The Morgan fingerprint density at radius 1 is 1.03 bits per heavy atom. The highest BCUT2D eigenvalue weighted by molar-refractivity contribution is 7.99. The summed E-state index contributed by atoms with van der Waals surface area (Å²) in [6.45, 7) is 7.94. The maximum Gasteiger partial charge on any atom is 0.233 e. The summed E-state index contributed by atoms with van der Waals surface area (Å²) in [5.41, 5.74) is 4.68. The number of thioether (sulfide) groups is 1. The minimum atomic E-state index is 0.236. The van der Waals surface area contributed by atoms with Gasteiger partial charge in [-0.25, -0.2) is 4.98 Å². The number of aromatic amines is 1. The highest BCUT2D eigenvalue weighted by Crippen LogP contribution is 2.52. The zero-order valence-electron chi connectivity index (χ0n) is 19.1. The minimum Gasteiger partial charge on any atom is -0.338 e. The molecule has 1 aliphatic heterocycles. The Morgan fingerprint density at radius 2 is 1.69 bits per heavy atom. The fourth-order valence-electron chi connectivity index (χ4n) is 6.00. The Morgan fingerprint density at radius 3 is 2.38 bits per heavy atom. The van der Waals surface area contributed by atoms with E-state index in [2.05, 4.69) is 54.9 Å². The lowest BCUT2D eigenvalue weighted by atomic mass is 9.65. The Balaban J connectivity index is 1.35. The van der Waals surface area contributed by atoms with E-state index >= 15 is 0 Å². The lowest BCUT2D eigenvalue weighted by molar-refractivity contribution is -0.129. The Hall–Kier alpha value is -2.53. The summed E-state index contributed by atoms with van der Waals surface area (Å²) in [5.74, 6) is 0.656. The number of likely N-dealkylation sites (tertiary alicyclic amines) is 1. The summed E-state index contributed by atoms with van der Waals surface area (Å²) < 4.78 is 0. The van der Waals surface area contributed by atoms with Crippen LogP contribution in [0.4, 0.5) is 0 Å². The molecule has 2 fully saturated rings. The predicted octanol–water partition coefficient (Wildman–Crippen LogP) is 6.26. The van der Waals surface area contributed by atoms with Crippen LogP contribution in [0, 0.1) is 10.8 Å². The lowest BCUT2D eigenvalue weighted by Crippen LogP contribution is -2.38. The minimum absolute atomic E-state index is 0.236. The molecule has 1 aliphatic carbocycles. The average molecular weight is 446 g/mol. The van der Waals surface area contributed by atoms with Crippen molar-refractivity contribution in [3.8, 4) is 22.5 Å². The van der Waals surface area contributed by atoms with E-state index in [0.29, 0.717) is 17.2 Å². The van der Waals surface area contributed by atoms with Crippen LogP contribution in [0.3, 0.4) is 0 Å². The summed E-state index contributed by atoms with van der Waals surface area (Å²) in [7, 11) is 0. The van der Waals surface area contributed by atoms with Crippen molar-refractivity contribution in [2.45, 2.75) is 51.2 Å². The Kier molecular flexibility index (Phi) is 5.40.